The highest BCUT2D eigenvalue weighted by molar-refractivity contribution is 7.99. The van der Waals surface area contributed by atoms with Crippen molar-refractivity contribution in [2.45, 2.75) is 0 Å². The van der Waals surface area contributed by atoms with Crippen LogP contribution in [0.2, 0.25) is 0 Å². The van der Waals surface area contributed by atoms with Gasteiger partial charge in [0.2, 0.25) is 0 Å². The zero-order valence-corrected chi connectivity index (χ0v) is 5.69. The van der Waals surface area contributed by atoms with Crippen LogP contribution in [0.4, 0.5) is 0 Å². The Hall–Kier alpha value is -0.570. The van der Waals surface area contributed by atoms with Crippen molar-refractivity contribution < 1.29 is 0 Å². The van der Waals surface area contributed by atoms with Gasteiger partial charge in [0, 0.05) is 5.75 Å². The van der Waals surface area contributed by atoms with Gasteiger partial charge in [0.15, 0.2) is 0 Å². The molecule has 0 aromatic rings. The molecule has 2 heterocycles. The Morgan fingerprint density at radius 3 is 3.44 bits per heavy atom. The summed E-state index contributed by atoms with van der Waals surface area (Å²) in [6.07, 6.45) is 3.51. The Balaban J connectivity index is 2.41. The average molecular weight is 138 g/mol. The highest BCUT2D eigenvalue weighted by Crippen LogP contribution is 2.23. The molecular formula is C6H6N2S+. The summed E-state index contributed by atoms with van der Waals surface area (Å²) in [6, 6.07) is 0. The number of thioether (sulfide) groups is 1. The minimum Gasteiger partial charge on any atom is -0.247 e. The minimum atomic E-state index is 1.04. The van der Waals surface area contributed by atoms with Crippen molar-refractivity contribution in [3.05, 3.63) is 11.4 Å². The summed E-state index contributed by atoms with van der Waals surface area (Å²) in [5, 5.41) is 0. The molecule has 9 heavy (non-hydrogen) atoms. The topological polar surface area (TPSA) is 26.5 Å². The fourth-order valence-electron chi connectivity index (χ4n) is 0.881. The summed E-state index contributed by atoms with van der Waals surface area (Å²) < 4.78 is 0. The maximum Gasteiger partial charge on any atom is 0.285 e. The molecule has 0 spiro atoms. The first-order chi connectivity index (χ1) is 4.47. The Labute approximate surface area is 57.8 Å². The second-order valence-corrected chi connectivity index (χ2v) is 2.93. The van der Waals surface area contributed by atoms with E-state index in [1.807, 2.05) is 11.8 Å². The monoisotopic (exact) mass is 138 g/mol. The Morgan fingerprint density at radius 2 is 2.56 bits per heavy atom. The van der Waals surface area contributed by atoms with E-state index in [1.165, 1.54) is 11.4 Å². The first-order valence-electron chi connectivity index (χ1n) is 2.83. The molecule has 2 aliphatic heterocycles. The SMILES string of the molecule is C1=NC2=C(CSC2)[N+]=C1. The van der Waals surface area contributed by atoms with Gasteiger partial charge in [-0.1, -0.05) is 0 Å². The van der Waals surface area contributed by atoms with Crippen LogP contribution in [0.1, 0.15) is 0 Å². The van der Waals surface area contributed by atoms with Crippen LogP contribution in [-0.4, -0.2) is 23.9 Å². The van der Waals surface area contributed by atoms with E-state index in [0.29, 0.717) is 0 Å². The third-order valence-electron chi connectivity index (χ3n) is 1.34. The van der Waals surface area contributed by atoms with Gasteiger partial charge in [0.1, 0.15) is 5.70 Å². The molecule has 3 heteroatoms. The van der Waals surface area contributed by atoms with E-state index in [1.54, 1.807) is 12.4 Å². The molecule has 1 radical (unpaired) electrons. The van der Waals surface area contributed by atoms with Crippen molar-refractivity contribution in [3.63, 3.8) is 0 Å². The van der Waals surface area contributed by atoms with Crippen LogP contribution in [0.15, 0.2) is 16.4 Å². The largest absolute Gasteiger partial charge is 0.285 e. The van der Waals surface area contributed by atoms with Crippen molar-refractivity contribution in [3.8, 4) is 0 Å². The quantitative estimate of drug-likeness (QED) is 0.477. The van der Waals surface area contributed by atoms with Crippen molar-refractivity contribution in [1.29, 1.82) is 0 Å². The predicted octanol–water partition coefficient (Wildman–Crippen LogP) is 0.436. The van der Waals surface area contributed by atoms with E-state index in [0.717, 1.165) is 11.5 Å². The molecule has 0 atom stereocenters. The molecular weight excluding hydrogens is 132 g/mol. The smallest absolute Gasteiger partial charge is 0.247 e. The maximum absolute atomic E-state index is 4.18. The van der Waals surface area contributed by atoms with Crippen LogP contribution in [0.3, 0.4) is 0 Å². The molecule has 0 aliphatic carbocycles. The first-order valence-corrected chi connectivity index (χ1v) is 3.99. The van der Waals surface area contributed by atoms with Gasteiger partial charge in [0.25, 0.3) is 11.9 Å². The molecule has 0 unspecified atom stereocenters. The molecule has 2 aliphatic rings. The fourth-order valence-corrected chi connectivity index (χ4v) is 1.85. The van der Waals surface area contributed by atoms with Crippen LogP contribution >= 0.6 is 11.8 Å². The van der Waals surface area contributed by atoms with Gasteiger partial charge in [-0.2, -0.15) is 0 Å². The van der Waals surface area contributed by atoms with Gasteiger partial charge >= 0.3 is 0 Å². The number of hydrogen-bond donors (Lipinski definition) is 0. The predicted molar refractivity (Wildman–Crippen MR) is 41.0 cm³/mol. The lowest BCUT2D eigenvalue weighted by Gasteiger charge is -1.85. The van der Waals surface area contributed by atoms with Crippen LogP contribution in [0.25, 0.3) is 0 Å². The molecule has 45 valence electrons. The van der Waals surface area contributed by atoms with Crippen molar-refractivity contribution in [2.24, 2.45) is 4.99 Å². The van der Waals surface area contributed by atoms with E-state index in [4.69, 9.17) is 0 Å². The van der Waals surface area contributed by atoms with E-state index < -0.39 is 0 Å². The third-order valence-corrected chi connectivity index (χ3v) is 2.29. The zero-order valence-electron chi connectivity index (χ0n) is 4.87. The summed E-state index contributed by atoms with van der Waals surface area (Å²) in [5.41, 5.74) is 2.34. The van der Waals surface area contributed by atoms with Crippen LogP contribution in [0, 0.1) is 0 Å². The highest BCUT2D eigenvalue weighted by Gasteiger charge is 2.23. The summed E-state index contributed by atoms with van der Waals surface area (Å²) in [6.45, 7) is 0. The molecule has 0 N–H and O–H groups in total. The van der Waals surface area contributed by atoms with Gasteiger partial charge in [0.05, 0.1) is 17.0 Å². The molecule has 0 saturated carbocycles. The molecule has 2 nitrogen and oxygen atoms in total. The fraction of sp³-hybridized carbons (Fsp3) is 0.333. The first kappa shape index (κ1) is 5.23. The van der Waals surface area contributed by atoms with Gasteiger partial charge in [-0.15, -0.1) is 11.8 Å². The standard InChI is InChI=1S/C6H6N2S/c1-2-8-6-4-9-3-5(6)7-1/h1-2H,3-4H2/q+1. The second kappa shape index (κ2) is 1.99. The van der Waals surface area contributed by atoms with Gasteiger partial charge in [-0.05, 0) is 0 Å². The van der Waals surface area contributed by atoms with Crippen LogP contribution in [-0.2, 0) is 0 Å². The Bertz CT molecular complexity index is 193. The van der Waals surface area contributed by atoms with E-state index in [2.05, 4.69) is 9.98 Å². The van der Waals surface area contributed by atoms with E-state index >= 15 is 0 Å². The molecule has 0 aromatic heterocycles. The lowest BCUT2D eigenvalue weighted by molar-refractivity contribution is 1.13. The average Bonchev–Trinajstić information content (AvgIpc) is 2.33. The molecule has 0 aromatic carbocycles. The summed E-state index contributed by atoms with van der Waals surface area (Å²) in [7, 11) is 0. The molecule has 0 saturated heterocycles. The lowest BCUT2D eigenvalue weighted by Crippen LogP contribution is -2.02. The van der Waals surface area contributed by atoms with Crippen molar-refractivity contribution in [1.82, 2.24) is 4.99 Å². The van der Waals surface area contributed by atoms with Crippen molar-refractivity contribution >= 4 is 24.2 Å². The van der Waals surface area contributed by atoms with Gasteiger partial charge < -0.3 is 0 Å². The Kier molecular flexibility index (Phi) is 1.16. The molecule has 0 amide bonds. The highest BCUT2D eigenvalue weighted by atomic mass is 32.2. The summed E-state index contributed by atoms with van der Waals surface area (Å²) in [4.78, 5) is 8.35. The normalized spacial score (nSPS) is 23.1. The molecule has 0 fully saturated rings. The lowest BCUT2D eigenvalue weighted by atomic mass is 10.4. The van der Waals surface area contributed by atoms with E-state index in [-0.39, 0.29) is 0 Å². The third kappa shape index (κ3) is 0.812. The summed E-state index contributed by atoms with van der Waals surface area (Å²) >= 11 is 1.88. The number of nitrogens with zero attached hydrogens (tertiary/aromatic N) is 2. The molecule has 2 rings (SSSR count). The van der Waals surface area contributed by atoms with Crippen molar-refractivity contribution in [2.75, 3.05) is 11.5 Å². The maximum atomic E-state index is 4.18. The minimum absolute atomic E-state index is 1.04. The molecule has 0 bridgehead atoms. The van der Waals surface area contributed by atoms with Crippen LogP contribution < -0.4 is 4.99 Å². The Morgan fingerprint density at radius 1 is 1.56 bits per heavy atom. The second-order valence-electron chi connectivity index (χ2n) is 1.94. The number of aliphatic imine (C=N–C) groups is 2. The van der Waals surface area contributed by atoms with Crippen LogP contribution in [0.5, 0.6) is 0 Å². The zero-order chi connectivity index (χ0) is 6.10. The van der Waals surface area contributed by atoms with Gasteiger partial charge in [-0.25, -0.2) is 4.99 Å². The summed E-state index contributed by atoms with van der Waals surface area (Å²) in [5.74, 6) is 2.09. The number of hydrogen-bond acceptors (Lipinski definition) is 3. The van der Waals surface area contributed by atoms with E-state index in [9.17, 15) is 0 Å². The number of rotatable bonds is 0. The van der Waals surface area contributed by atoms with Gasteiger partial charge in [-0.3, -0.25) is 0 Å².